The van der Waals surface area contributed by atoms with Crippen molar-refractivity contribution in [2.24, 2.45) is 11.5 Å². The summed E-state index contributed by atoms with van der Waals surface area (Å²) in [5.41, 5.74) is 12.2. The van der Waals surface area contributed by atoms with E-state index in [-0.39, 0.29) is 6.04 Å². The fraction of sp³-hybridized carbons (Fsp3) is 0.250. The smallest absolute Gasteiger partial charge is 0.0430 e. The van der Waals surface area contributed by atoms with Gasteiger partial charge < -0.3 is 11.5 Å². The SMILES string of the molecule is NC[C@@H](N)c1ccc(Cl)cc1Br. The fourth-order valence-electron chi connectivity index (χ4n) is 0.929. The summed E-state index contributed by atoms with van der Waals surface area (Å²) in [5, 5.41) is 0.690. The van der Waals surface area contributed by atoms with Crippen LogP contribution in [0.2, 0.25) is 5.02 Å². The Balaban J connectivity index is 3.01. The zero-order valence-electron chi connectivity index (χ0n) is 6.43. The molecule has 0 unspecified atom stereocenters. The van der Waals surface area contributed by atoms with Crippen LogP contribution in [0.1, 0.15) is 11.6 Å². The highest BCUT2D eigenvalue weighted by molar-refractivity contribution is 9.10. The van der Waals surface area contributed by atoms with Crippen molar-refractivity contribution in [1.29, 1.82) is 0 Å². The number of hydrogen-bond acceptors (Lipinski definition) is 2. The van der Waals surface area contributed by atoms with Gasteiger partial charge in [-0.3, -0.25) is 0 Å². The van der Waals surface area contributed by atoms with Crippen molar-refractivity contribution in [3.63, 3.8) is 0 Å². The van der Waals surface area contributed by atoms with Gasteiger partial charge in [0.05, 0.1) is 0 Å². The van der Waals surface area contributed by atoms with Crippen LogP contribution in [-0.2, 0) is 0 Å². The molecule has 0 fully saturated rings. The van der Waals surface area contributed by atoms with Gasteiger partial charge >= 0.3 is 0 Å². The minimum absolute atomic E-state index is 0.128. The van der Waals surface area contributed by atoms with Crippen molar-refractivity contribution in [2.75, 3.05) is 6.54 Å². The van der Waals surface area contributed by atoms with E-state index in [1.54, 1.807) is 6.07 Å². The second-order valence-corrected chi connectivity index (χ2v) is 3.80. The Morgan fingerprint density at radius 1 is 1.50 bits per heavy atom. The Morgan fingerprint density at radius 3 is 2.67 bits per heavy atom. The first-order valence-electron chi connectivity index (χ1n) is 3.55. The van der Waals surface area contributed by atoms with Crippen LogP contribution in [0.4, 0.5) is 0 Å². The summed E-state index contributed by atoms with van der Waals surface area (Å²) >= 11 is 9.13. The van der Waals surface area contributed by atoms with E-state index < -0.39 is 0 Å². The predicted octanol–water partition coefficient (Wildman–Crippen LogP) is 2.06. The van der Waals surface area contributed by atoms with Crippen molar-refractivity contribution in [3.05, 3.63) is 33.3 Å². The number of benzene rings is 1. The van der Waals surface area contributed by atoms with Crippen molar-refractivity contribution in [2.45, 2.75) is 6.04 Å². The van der Waals surface area contributed by atoms with Gasteiger partial charge in [-0.1, -0.05) is 33.6 Å². The summed E-state index contributed by atoms with van der Waals surface area (Å²) < 4.78 is 0.910. The molecular weight excluding hydrogens is 239 g/mol. The van der Waals surface area contributed by atoms with Crippen LogP contribution in [0.15, 0.2) is 22.7 Å². The monoisotopic (exact) mass is 248 g/mol. The first kappa shape index (κ1) is 9.99. The third-order valence-electron chi connectivity index (χ3n) is 1.62. The highest BCUT2D eigenvalue weighted by Gasteiger charge is 2.07. The lowest BCUT2D eigenvalue weighted by Crippen LogP contribution is -2.21. The van der Waals surface area contributed by atoms with Gasteiger partial charge in [0, 0.05) is 22.1 Å². The second-order valence-electron chi connectivity index (χ2n) is 2.51. The summed E-state index contributed by atoms with van der Waals surface area (Å²) in [5.74, 6) is 0. The van der Waals surface area contributed by atoms with Crippen molar-refractivity contribution in [1.82, 2.24) is 0 Å². The zero-order chi connectivity index (χ0) is 9.14. The Hall–Kier alpha value is -0.0900. The van der Waals surface area contributed by atoms with Gasteiger partial charge in [0.15, 0.2) is 0 Å². The van der Waals surface area contributed by atoms with Crippen LogP contribution in [0.3, 0.4) is 0 Å². The van der Waals surface area contributed by atoms with Crippen LogP contribution in [0.25, 0.3) is 0 Å². The summed E-state index contributed by atoms with van der Waals surface area (Å²) in [6.45, 7) is 0.431. The Morgan fingerprint density at radius 2 is 2.17 bits per heavy atom. The standard InChI is InChI=1S/C8H10BrClN2/c9-7-3-5(10)1-2-6(7)8(12)4-11/h1-3,8H,4,11-12H2/t8-/m1/s1. The molecule has 4 N–H and O–H groups in total. The molecule has 0 saturated heterocycles. The summed E-state index contributed by atoms with van der Waals surface area (Å²) in [4.78, 5) is 0. The second kappa shape index (κ2) is 4.23. The summed E-state index contributed by atoms with van der Waals surface area (Å²) in [6.07, 6.45) is 0. The highest BCUT2D eigenvalue weighted by Crippen LogP contribution is 2.24. The van der Waals surface area contributed by atoms with Gasteiger partial charge in [-0.2, -0.15) is 0 Å². The van der Waals surface area contributed by atoms with E-state index in [2.05, 4.69) is 15.9 Å². The molecule has 1 atom stereocenters. The molecule has 0 aliphatic heterocycles. The van der Waals surface area contributed by atoms with Crippen molar-refractivity contribution < 1.29 is 0 Å². The molecule has 2 nitrogen and oxygen atoms in total. The number of halogens is 2. The molecule has 0 aliphatic rings. The average molecular weight is 250 g/mol. The van der Waals surface area contributed by atoms with E-state index >= 15 is 0 Å². The van der Waals surface area contributed by atoms with Crippen LogP contribution < -0.4 is 11.5 Å². The van der Waals surface area contributed by atoms with Crippen LogP contribution in [0.5, 0.6) is 0 Å². The van der Waals surface area contributed by atoms with E-state index in [0.717, 1.165) is 10.0 Å². The van der Waals surface area contributed by atoms with E-state index in [0.29, 0.717) is 11.6 Å². The molecule has 0 aromatic heterocycles. The maximum Gasteiger partial charge on any atom is 0.0430 e. The lowest BCUT2D eigenvalue weighted by atomic mass is 10.1. The van der Waals surface area contributed by atoms with E-state index in [9.17, 15) is 0 Å². The quantitative estimate of drug-likeness (QED) is 0.843. The Kier molecular flexibility index (Phi) is 3.53. The predicted molar refractivity (Wildman–Crippen MR) is 55.1 cm³/mol. The summed E-state index contributed by atoms with van der Waals surface area (Å²) in [6, 6.07) is 5.37. The fourth-order valence-corrected chi connectivity index (χ4v) is 1.91. The number of nitrogens with two attached hydrogens (primary N) is 2. The van der Waals surface area contributed by atoms with E-state index in [4.69, 9.17) is 23.1 Å². The van der Waals surface area contributed by atoms with Gasteiger partial charge in [-0.25, -0.2) is 0 Å². The first-order chi connectivity index (χ1) is 5.65. The Labute approximate surface area is 85.0 Å². The van der Waals surface area contributed by atoms with Crippen molar-refractivity contribution >= 4 is 27.5 Å². The topological polar surface area (TPSA) is 52.0 Å². The summed E-state index contributed by atoms with van der Waals surface area (Å²) in [7, 11) is 0. The molecule has 0 amide bonds. The molecule has 0 saturated carbocycles. The Bertz CT molecular complexity index is 278. The van der Waals surface area contributed by atoms with Gasteiger partial charge in [0.1, 0.15) is 0 Å². The van der Waals surface area contributed by atoms with E-state index in [1.165, 1.54) is 0 Å². The molecule has 0 bridgehead atoms. The van der Waals surface area contributed by atoms with E-state index in [1.807, 2.05) is 12.1 Å². The van der Waals surface area contributed by atoms with Gasteiger partial charge in [0.25, 0.3) is 0 Å². The van der Waals surface area contributed by atoms with Crippen LogP contribution in [0, 0.1) is 0 Å². The highest BCUT2D eigenvalue weighted by atomic mass is 79.9. The molecule has 1 aromatic carbocycles. The molecule has 0 spiro atoms. The molecule has 0 aliphatic carbocycles. The third-order valence-corrected chi connectivity index (χ3v) is 2.54. The van der Waals surface area contributed by atoms with Gasteiger partial charge in [-0.15, -0.1) is 0 Å². The average Bonchev–Trinajstić information content (AvgIpc) is 2.03. The molecule has 1 aromatic rings. The molecule has 0 heterocycles. The molecule has 66 valence electrons. The largest absolute Gasteiger partial charge is 0.329 e. The lowest BCUT2D eigenvalue weighted by Gasteiger charge is -2.10. The van der Waals surface area contributed by atoms with Crippen LogP contribution >= 0.6 is 27.5 Å². The first-order valence-corrected chi connectivity index (χ1v) is 4.73. The molecule has 4 heteroatoms. The maximum absolute atomic E-state index is 5.76. The maximum atomic E-state index is 5.76. The zero-order valence-corrected chi connectivity index (χ0v) is 8.77. The van der Waals surface area contributed by atoms with Crippen LogP contribution in [-0.4, -0.2) is 6.54 Å². The molecule has 1 rings (SSSR count). The van der Waals surface area contributed by atoms with Crippen molar-refractivity contribution in [3.8, 4) is 0 Å². The normalized spacial score (nSPS) is 13.0. The molecular formula is C8H10BrClN2. The minimum atomic E-state index is -0.128. The number of hydrogen-bond donors (Lipinski definition) is 2. The molecule has 0 radical (unpaired) electrons. The third kappa shape index (κ3) is 2.20. The van der Waals surface area contributed by atoms with Gasteiger partial charge in [-0.05, 0) is 17.7 Å². The van der Waals surface area contributed by atoms with Gasteiger partial charge in [0.2, 0.25) is 0 Å². The minimum Gasteiger partial charge on any atom is -0.329 e. The number of rotatable bonds is 2. The molecule has 12 heavy (non-hydrogen) atoms. The lowest BCUT2D eigenvalue weighted by molar-refractivity contribution is 0.733.